The van der Waals surface area contributed by atoms with E-state index >= 15 is 0 Å². The van der Waals surface area contributed by atoms with Crippen LogP contribution in [0.4, 0.5) is 15.8 Å². The summed E-state index contributed by atoms with van der Waals surface area (Å²) in [5.74, 6) is 0.0816. The van der Waals surface area contributed by atoms with Crippen molar-refractivity contribution in [3.63, 3.8) is 0 Å². The number of oxazole rings is 1. The van der Waals surface area contributed by atoms with E-state index in [4.69, 9.17) is 4.42 Å². The van der Waals surface area contributed by atoms with E-state index < -0.39 is 6.04 Å². The lowest BCUT2D eigenvalue weighted by molar-refractivity contribution is -0.116. The van der Waals surface area contributed by atoms with Gasteiger partial charge in [0.05, 0.1) is 0 Å². The Morgan fingerprint density at radius 3 is 2.62 bits per heavy atom. The molecule has 0 bridgehead atoms. The molecule has 0 spiro atoms. The number of nitrogens with zero attached hydrogens (tertiary/aromatic N) is 1. The molecule has 1 aromatic heterocycles. The van der Waals surface area contributed by atoms with Gasteiger partial charge in [-0.2, -0.15) is 0 Å². The van der Waals surface area contributed by atoms with Crippen LogP contribution >= 0.6 is 0 Å². The largest absolute Gasteiger partial charge is 0.441 e. The number of carbonyl (C=O) groups is 1. The van der Waals surface area contributed by atoms with Gasteiger partial charge in [-0.1, -0.05) is 6.92 Å². The maximum absolute atomic E-state index is 12.9. The Labute approximate surface area is 138 Å². The molecule has 5 nitrogen and oxygen atoms in total. The first-order valence-electron chi connectivity index (χ1n) is 7.75. The second kappa shape index (κ2) is 6.70. The third-order valence-corrected chi connectivity index (χ3v) is 3.67. The minimum atomic E-state index is -0.416. The molecule has 0 fully saturated rings. The molecule has 1 unspecified atom stereocenters. The number of nitrogens with one attached hydrogen (secondary N) is 2. The van der Waals surface area contributed by atoms with Crippen molar-refractivity contribution in [1.82, 2.24) is 4.98 Å². The second-order valence-electron chi connectivity index (χ2n) is 5.52. The molecule has 1 heterocycles. The molecule has 2 N–H and O–H groups in total. The molecular formula is C18H18FN3O2. The highest BCUT2D eigenvalue weighted by Crippen LogP contribution is 2.21. The van der Waals surface area contributed by atoms with Crippen LogP contribution in [0.25, 0.3) is 11.1 Å². The maximum atomic E-state index is 12.9. The molecule has 0 aliphatic heterocycles. The fourth-order valence-corrected chi connectivity index (χ4v) is 2.45. The number of halogens is 1. The molecule has 0 radical (unpaired) electrons. The molecule has 0 aliphatic carbocycles. The van der Waals surface area contributed by atoms with Gasteiger partial charge in [0.2, 0.25) is 5.91 Å². The number of amides is 1. The lowest BCUT2D eigenvalue weighted by Gasteiger charge is -2.18. The van der Waals surface area contributed by atoms with E-state index in [9.17, 15) is 9.18 Å². The van der Waals surface area contributed by atoms with Gasteiger partial charge in [-0.05, 0) is 48.9 Å². The normalized spacial score (nSPS) is 12.1. The first kappa shape index (κ1) is 16.0. The van der Waals surface area contributed by atoms with Crippen molar-refractivity contribution in [2.45, 2.75) is 26.3 Å². The highest BCUT2D eigenvalue weighted by molar-refractivity contribution is 5.96. The van der Waals surface area contributed by atoms with Gasteiger partial charge in [-0.15, -0.1) is 0 Å². The highest BCUT2D eigenvalue weighted by Gasteiger charge is 2.17. The second-order valence-corrected chi connectivity index (χ2v) is 5.52. The number of carbonyl (C=O) groups excluding carboxylic acids is 1. The molecule has 124 valence electrons. The molecule has 2 aromatic carbocycles. The van der Waals surface area contributed by atoms with Crippen LogP contribution in [-0.4, -0.2) is 16.9 Å². The molecule has 0 aliphatic rings. The van der Waals surface area contributed by atoms with Crippen LogP contribution in [-0.2, 0) is 4.79 Å². The van der Waals surface area contributed by atoms with Gasteiger partial charge in [0.1, 0.15) is 17.4 Å². The summed E-state index contributed by atoms with van der Waals surface area (Å²) in [4.78, 5) is 16.7. The van der Waals surface area contributed by atoms with Gasteiger partial charge in [0.15, 0.2) is 11.5 Å². The van der Waals surface area contributed by atoms with Gasteiger partial charge < -0.3 is 15.1 Å². The molecule has 3 rings (SSSR count). The number of aromatic nitrogens is 1. The van der Waals surface area contributed by atoms with E-state index in [2.05, 4.69) is 15.6 Å². The van der Waals surface area contributed by atoms with Crippen LogP contribution in [0.15, 0.2) is 46.9 Å². The summed E-state index contributed by atoms with van der Waals surface area (Å²) >= 11 is 0. The van der Waals surface area contributed by atoms with Crippen LogP contribution < -0.4 is 10.6 Å². The van der Waals surface area contributed by atoms with Crippen molar-refractivity contribution in [2.24, 2.45) is 0 Å². The van der Waals surface area contributed by atoms with Gasteiger partial charge >= 0.3 is 0 Å². The highest BCUT2D eigenvalue weighted by atomic mass is 19.1. The zero-order valence-corrected chi connectivity index (χ0v) is 13.5. The number of aryl methyl sites for hydroxylation is 1. The van der Waals surface area contributed by atoms with E-state index in [1.54, 1.807) is 6.92 Å². The topological polar surface area (TPSA) is 67.2 Å². The summed E-state index contributed by atoms with van der Waals surface area (Å²) in [5.41, 5.74) is 2.80. The van der Waals surface area contributed by atoms with E-state index in [1.165, 1.54) is 24.3 Å². The Balaban J connectivity index is 1.72. The standard InChI is InChI=1S/C18H18FN3O2/c1-3-15(18(23)22-13-6-4-12(19)5-7-13)21-14-8-9-17-16(10-14)20-11(2)24-17/h4-10,15,21H,3H2,1-2H3,(H,22,23). The first-order chi connectivity index (χ1) is 11.5. The molecular weight excluding hydrogens is 309 g/mol. The maximum Gasteiger partial charge on any atom is 0.246 e. The van der Waals surface area contributed by atoms with E-state index in [0.29, 0.717) is 23.6 Å². The van der Waals surface area contributed by atoms with Gasteiger partial charge in [-0.25, -0.2) is 9.37 Å². The van der Waals surface area contributed by atoms with E-state index in [1.807, 2.05) is 25.1 Å². The fourth-order valence-electron chi connectivity index (χ4n) is 2.45. The summed E-state index contributed by atoms with van der Waals surface area (Å²) in [5, 5.41) is 5.97. The first-order valence-corrected chi connectivity index (χ1v) is 7.75. The quantitative estimate of drug-likeness (QED) is 0.740. The average molecular weight is 327 g/mol. The average Bonchev–Trinajstić information content (AvgIpc) is 2.94. The van der Waals surface area contributed by atoms with Crippen molar-refractivity contribution in [3.05, 3.63) is 54.2 Å². The number of fused-ring (bicyclic) bond motifs is 1. The molecule has 3 aromatic rings. The lowest BCUT2D eigenvalue weighted by atomic mass is 10.1. The van der Waals surface area contributed by atoms with Crippen molar-refractivity contribution in [2.75, 3.05) is 10.6 Å². The monoisotopic (exact) mass is 327 g/mol. The Hall–Kier alpha value is -2.89. The summed E-state index contributed by atoms with van der Waals surface area (Å²) in [7, 11) is 0. The Kier molecular flexibility index (Phi) is 4.46. The predicted octanol–water partition coefficient (Wildman–Crippen LogP) is 4.10. The van der Waals surface area contributed by atoms with Gasteiger partial charge in [-0.3, -0.25) is 4.79 Å². The minimum Gasteiger partial charge on any atom is -0.441 e. The minimum absolute atomic E-state index is 0.180. The summed E-state index contributed by atoms with van der Waals surface area (Å²) in [6.45, 7) is 3.71. The van der Waals surface area contributed by atoms with E-state index in [0.717, 1.165) is 11.2 Å². The van der Waals surface area contributed by atoms with Crippen molar-refractivity contribution >= 4 is 28.4 Å². The fraction of sp³-hybridized carbons (Fsp3) is 0.222. The van der Waals surface area contributed by atoms with Crippen LogP contribution in [0.3, 0.4) is 0 Å². The smallest absolute Gasteiger partial charge is 0.246 e. The molecule has 24 heavy (non-hydrogen) atoms. The van der Waals surface area contributed by atoms with Crippen LogP contribution in [0.1, 0.15) is 19.2 Å². The molecule has 1 amide bonds. The summed E-state index contributed by atoms with van der Waals surface area (Å²) in [6, 6.07) is 10.8. The molecule has 1 atom stereocenters. The van der Waals surface area contributed by atoms with Gasteiger partial charge in [0, 0.05) is 18.3 Å². The zero-order chi connectivity index (χ0) is 17.1. The SMILES string of the molecule is CCC(Nc1ccc2oc(C)nc2c1)C(=O)Nc1ccc(F)cc1. The molecule has 0 saturated heterocycles. The zero-order valence-electron chi connectivity index (χ0n) is 13.5. The molecule has 6 heteroatoms. The van der Waals surface area contributed by atoms with Gasteiger partial charge in [0.25, 0.3) is 0 Å². The van der Waals surface area contributed by atoms with Crippen LogP contribution in [0.5, 0.6) is 0 Å². The predicted molar refractivity (Wildman–Crippen MR) is 91.5 cm³/mol. The number of anilines is 2. The van der Waals surface area contributed by atoms with Crippen LogP contribution in [0, 0.1) is 12.7 Å². The van der Waals surface area contributed by atoms with Crippen LogP contribution in [0.2, 0.25) is 0 Å². The lowest BCUT2D eigenvalue weighted by Crippen LogP contribution is -2.34. The number of hydrogen-bond acceptors (Lipinski definition) is 4. The third-order valence-electron chi connectivity index (χ3n) is 3.67. The summed E-state index contributed by atoms with van der Waals surface area (Å²) < 4.78 is 18.4. The van der Waals surface area contributed by atoms with Crippen molar-refractivity contribution in [1.29, 1.82) is 0 Å². The number of rotatable bonds is 5. The Morgan fingerprint density at radius 1 is 1.21 bits per heavy atom. The van der Waals surface area contributed by atoms with Crippen molar-refractivity contribution in [3.8, 4) is 0 Å². The summed E-state index contributed by atoms with van der Waals surface area (Å²) in [6.07, 6.45) is 0.600. The Morgan fingerprint density at radius 2 is 1.92 bits per heavy atom. The van der Waals surface area contributed by atoms with Crippen molar-refractivity contribution < 1.29 is 13.6 Å². The third kappa shape index (κ3) is 3.53. The Bertz CT molecular complexity index is 858. The molecule has 0 saturated carbocycles. The number of hydrogen-bond donors (Lipinski definition) is 2. The van der Waals surface area contributed by atoms with E-state index in [-0.39, 0.29) is 11.7 Å². The number of benzene rings is 2.